The Balaban J connectivity index is 2.09. The van der Waals surface area contributed by atoms with E-state index in [0.29, 0.717) is 0 Å². The molecule has 2 heterocycles. The lowest BCUT2D eigenvalue weighted by molar-refractivity contribution is 0.561. The summed E-state index contributed by atoms with van der Waals surface area (Å²) < 4.78 is 31.0. The van der Waals surface area contributed by atoms with Gasteiger partial charge in [0.05, 0.1) is 18.7 Å². The van der Waals surface area contributed by atoms with Crippen LogP contribution in [-0.2, 0) is 16.6 Å². The Labute approximate surface area is 101 Å². The molecule has 0 aliphatic heterocycles. The lowest BCUT2D eigenvalue weighted by Gasteiger charge is -2.01. The standard InChI is InChI=1S/C8H7ClN2O3S2/c9-8-10-4-7(15-8)16(12,13)11-3-6-1-2-14-5-6/h1-2,4-5,11H,3H2. The third kappa shape index (κ3) is 2.62. The summed E-state index contributed by atoms with van der Waals surface area (Å²) in [6.45, 7) is 0.175. The quantitative estimate of drug-likeness (QED) is 0.927. The minimum absolute atomic E-state index is 0.0981. The Hall–Kier alpha value is -0.890. The molecule has 2 aromatic rings. The number of thiazole rings is 1. The van der Waals surface area contributed by atoms with E-state index >= 15 is 0 Å². The van der Waals surface area contributed by atoms with Crippen LogP contribution >= 0.6 is 22.9 Å². The second-order valence-corrected chi connectivity index (χ2v) is 6.49. The van der Waals surface area contributed by atoms with Crippen molar-refractivity contribution in [2.24, 2.45) is 0 Å². The highest BCUT2D eigenvalue weighted by atomic mass is 35.5. The van der Waals surface area contributed by atoms with Crippen molar-refractivity contribution in [1.29, 1.82) is 0 Å². The number of rotatable bonds is 4. The molecular weight excluding hydrogens is 272 g/mol. The van der Waals surface area contributed by atoms with E-state index in [9.17, 15) is 8.42 Å². The van der Waals surface area contributed by atoms with Crippen molar-refractivity contribution in [2.75, 3.05) is 0 Å². The molecule has 0 aliphatic rings. The second kappa shape index (κ2) is 4.54. The molecule has 8 heteroatoms. The van der Waals surface area contributed by atoms with E-state index in [1.807, 2.05) is 0 Å². The molecule has 0 amide bonds. The molecule has 0 spiro atoms. The average molecular weight is 279 g/mol. The van der Waals surface area contributed by atoms with Gasteiger partial charge >= 0.3 is 0 Å². The van der Waals surface area contributed by atoms with Crippen molar-refractivity contribution in [3.63, 3.8) is 0 Å². The van der Waals surface area contributed by atoms with Crippen LogP contribution in [0.5, 0.6) is 0 Å². The lowest BCUT2D eigenvalue weighted by atomic mass is 10.4. The van der Waals surface area contributed by atoms with Crippen molar-refractivity contribution < 1.29 is 12.8 Å². The van der Waals surface area contributed by atoms with E-state index in [-0.39, 0.29) is 15.2 Å². The van der Waals surface area contributed by atoms with Crippen LogP contribution < -0.4 is 4.72 Å². The maximum atomic E-state index is 11.7. The number of nitrogens with zero attached hydrogens (tertiary/aromatic N) is 1. The second-order valence-electron chi connectivity index (χ2n) is 2.89. The number of aromatic nitrogens is 1. The summed E-state index contributed by atoms with van der Waals surface area (Å²) in [5.74, 6) is 0. The monoisotopic (exact) mass is 278 g/mol. The molecule has 0 bridgehead atoms. The molecule has 16 heavy (non-hydrogen) atoms. The molecule has 1 N–H and O–H groups in total. The van der Waals surface area contributed by atoms with Gasteiger partial charge in [0.1, 0.15) is 0 Å². The van der Waals surface area contributed by atoms with Crippen molar-refractivity contribution >= 4 is 33.0 Å². The van der Waals surface area contributed by atoms with Crippen LogP contribution in [0.3, 0.4) is 0 Å². The Kier molecular flexibility index (Phi) is 3.29. The highest BCUT2D eigenvalue weighted by Gasteiger charge is 2.17. The van der Waals surface area contributed by atoms with Crippen molar-refractivity contribution in [1.82, 2.24) is 9.71 Å². The molecule has 0 unspecified atom stereocenters. The maximum Gasteiger partial charge on any atom is 0.252 e. The van der Waals surface area contributed by atoms with Gasteiger partial charge in [0, 0.05) is 12.1 Å². The fraction of sp³-hybridized carbons (Fsp3) is 0.125. The van der Waals surface area contributed by atoms with E-state index in [2.05, 4.69) is 9.71 Å². The smallest absolute Gasteiger partial charge is 0.252 e. The first-order valence-corrected chi connectivity index (χ1v) is 6.88. The van der Waals surface area contributed by atoms with Gasteiger partial charge in [-0.3, -0.25) is 0 Å². The molecule has 0 fully saturated rings. The highest BCUT2D eigenvalue weighted by molar-refractivity contribution is 7.91. The van der Waals surface area contributed by atoms with Crippen LogP contribution in [-0.4, -0.2) is 13.4 Å². The van der Waals surface area contributed by atoms with Crippen LogP contribution in [0, 0.1) is 0 Å². The number of hydrogen-bond donors (Lipinski definition) is 1. The third-order valence-corrected chi connectivity index (χ3v) is 4.74. The maximum absolute atomic E-state index is 11.7. The third-order valence-electron chi connectivity index (χ3n) is 1.77. The minimum Gasteiger partial charge on any atom is -0.472 e. The first kappa shape index (κ1) is 11.6. The molecule has 0 aromatic carbocycles. The first-order valence-electron chi connectivity index (χ1n) is 4.20. The van der Waals surface area contributed by atoms with E-state index in [4.69, 9.17) is 16.0 Å². The summed E-state index contributed by atoms with van der Waals surface area (Å²) in [6.07, 6.45) is 4.18. The highest BCUT2D eigenvalue weighted by Crippen LogP contribution is 2.22. The van der Waals surface area contributed by atoms with Crippen molar-refractivity contribution in [3.8, 4) is 0 Å². The SMILES string of the molecule is O=S(=O)(NCc1ccoc1)c1cnc(Cl)s1. The molecule has 0 aliphatic carbocycles. The number of furan rings is 1. The summed E-state index contributed by atoms with van der Waals surface area (Å²) in [6, 6.07) is 1.68. The fourth-order valence-corrected chi connectivity index (χ4v) is 3.36. The van der Waals surface area contributed by atoms with Gasteiger partial charge in [0.25, 0.3) is 10.0 Å². The minimum atomic E-state index is -3.54. The molecule has 0 saturated heterocycles. The zero-order chi connectivity index (χ0) is 11.6. The zero-order valence-corrected chi connectivity index (χ0v) is 10.3. The lowest BCUT2D eigenvalue weighted by Crippen LogP contribution is -2.22. The molecular formula is C8H7ClN2O3S2. The van der Waals surface area contributed by atoms with Gasteiger partial charge in [-0.1, -0.05) is 22.9 Å². The van der Waals surface area contributed by atoms with E-state index in [0.717, 1.165) is 16.9 Å². The Morgan fingerprint density at radius 2 is 2.38 bits per heavy atom. The Morgan fingerprint density at radius 1 is 1.56 bits per heavy atom. The topological polar surface area (TPSA) is 72.2 Å². The molecule has 2 rings (SSSR count). The van der Waals surface area contributed by atoms with Gasteiger partial charge in [0.2, 0.25) is 0 Å². The summed E-state index contributed by atoms with van der Waals surface area (Å²) in [4.78, 5) is 3.67. The number of sulfonamides is 1. The summed E-state index contributed by atoms with van der Waals surface area (Å²) in [7, 11) is -3.54. The van der Waals surface area contributed by atoms with Gasteiger partial charge in [-0.05, 0) is 6.07 Å². The molecule has 0 atom stereocenters. The van der Waals surface area contributed by atoms with Crippen LogP contribution in [0.15, 0.2) is 33.4 Å². The van der Waals surface area contributed by atoms with Crippen molar-refractivity contribution in [3.05, 3.63) is 34.8 Å². The van der Waals surface area contributed by atoms with Crippen LogP contribution in [0.4, 0.5) is 0 Å². The molecule has 0 radical (unpaired) electrons. The normalized spacial score (nSPS) is 11.8. The van der Waals surface area contributed by atoms with E-state index < -0.39 is 10.0 Å². The summed E-state index contributed by atoms with van der Waals surface area (Å²) >= 11 is 6.48. The van der Waals surface area contributed by atoms with Crippen molar-refractivity contribution in [2.45, 2.75) is 10.8 Å². The van der Waals surface area contributed by atoms with Gasteiger partial charge in [0.15, 0.2) is 8.68 Å². The fourth-order valence-electron chi connectivity index (χ4n) is 1.01. The van der Waals surface area contributed by atoms with Gasteiger partial charge in [-0.25, -0.2) is 18.1 Å². The van der Waals surface area contributed by atoms with Gasteiger partial charge in [-0.15, -0.1) is 0 Å². The molecule has 5 nitrogen and oxygen atoms in total. The molecule has 2 aromatic heterocycles. The largest absolute Gasteiger partial charge is 0.472 e. The first-order chi connectivity index (χ1) is 7.58. The Bertz CT molecular complexity index is 562. The van der Waals surface area contributed by atoms with Gasteiger partial charge in [-0.2, -0.15) is 0 Å². The van der Waals surface area contributed by atoms with Gasteiger partial charge < -0.3 is 4.42 Å². The van der Waals surface area contributed by atoms with E-state index in [1.54, 1.807) is 6.07 Å². The van der Waals surface area contributed by atoms with E-state index in [1.165, 1.54) is 18.7 Å². The molecule has 0 saturated carbocycles. The number of hydrogen-bond acceptors (Lipinski definition) is 5. The Morgan fingerprint density at radius 3 is 2.94 bits per heavy atom. The predicted molar refractivity (Wildman–Crippen MR) is 59.9 cm³/mol. The zero-order valence-electron chi connectivity index (χ0n) is 7.88. The predicted octanol–water partition coefficient (Wildman–Crippen LogP) is 1.87. The number of halogens is 1. The van der Waals surface area contributed by atoms with Crippen LogP contribution in [0.2, 0.25) is 4.47 Å². The number of nitrogens with one attached hydrogen (secondary N) is 1. The molecule has 86 valence electrons. The summed E-state index contributed by atoms with van der Waals surface area (Å²) in [5, 5.41) is 0. The summed E-state index contributed by atoms with van der Waals surface area (Å²) in [5.41, 5.74) is 0.749. The van der Waals surface area contributed by atoms with Crippen LogP contribution in [0.1, 0.15) is 5.56 Å². The van der Waals surface area contributed by atoms with Crippen LogP contribution in [0.25, 0.3) is 0 Å². The average Bonchev–Trinajstić information content (AvgIpc) is 2.85.